The molecule has 4 N–H and O–H groups in total. The lowest BCUT2D eigenvalue weighted by molar-refractivity contribution is 0.282. The van der Waals surface area contributed by atoms with Crippen LogP contribution in [0, 0.1) is 0 Å². The highest BCUT2D eigenvalue weighted by Gasteiger charge is 2.21. The summed E-state index contributed by atoms with van der Waals surface area (Å²) in [5, 5.41) is 0. The molecule has 0 unspecified atom stereocenters. The number of benzene rings is 1. The number of hydrogen-bond donors (Lipinski definition) is 3. The lowest BCUT2D eigenvalue weighted by Crippen LogP contribution is -2.19. The van der Waals surface area contributed by atoms with E-state index in [1.54, 1.807) is 0 Å². The van der Waals surface area contributed by atoms with Crippen molar-refractivity contribution in [2.24, 2.45) is 0 Å². The van der Waals surface area contributed by atoms with Crippen molar-refractivity contribution in [1.29, 1.82) is 0 Å². The van der Waals surface area contributed by atoms with Crippen LogP contribution < -0.4 is 5.73 Å². The molecule has 0 heterocycles. The molecule has 0 spiro atoms. The summed E-state index contributed by atoms with van der Waals surface area (Å²) in [6.45, 7) is -1.68. The molecule has 1 rings (SSSR count). The molecule has 0 aliphatic rings. The summed E-state index contributed by atoms with van der Waals surface area (Å²) in [6, 6.07) is 3.83. The molecular formula is C12H19NO12S4. The van der Waals surface area contributed by atoms with E-state index in [-0.39, 0.29) is 16.8 Å². The first-order valence-electron chi connectivity index (χ1n) is 7.50. The monoisotopic (exact) mass is 497 g/mol. The molecular weight excluding hydrogens is 478 g/mol. The fourth-order valence-electron chi connectivity index (χ4n) is 2.07. The quantitative estimate of drug-likeness (QED) is 0.227. The van der Waals surface area contributed by atoms with E-state index in [9.17, 15) is 33.7 Å². The average molecular weight is 498 g/mol. The SMILES string of the molecule is Nc1ccc(CS(=O)(=O)CCOS(=O)(=O)O)c(CS(=O)(=O)CCOS(=O)(=O)O)c1. The summed E-state index contributed by atoms with van der Waals surface area (Å²) in [5.74, 6) is -2.92. The molecule has 0 aliphatic heterocycles. The zero-order chi connectivity index (χ0) is 22.5. The van der Waals surface area contributed by atoms with Crippen LogP contribution >= 0.6 is 0 Å². The molecule has 13 nitrogen and oxygen atoms in total. The Hall–Kier alpha value is -1.34. The van der Waals surface area contributed by atoms with Gasteiger partial charge in [0.25, 0.3) is 0 Å². The van der Waals surface area contributed by atoms with E-state index in [1.165, 1.54) is 18.2 Å². The standard InChI is InChI=1S/C12H19NO12S4/c13-12-2-1-10(8-26(14,15)5-3-24-28(18,19)20)11(7-12)9-27(16,17)6-4-25-29(21,22)23/h1-2,7H,3-6,8-9,13H2,(H,18,19,20)(H,21,22,23). The van der Waals surface area contributed by atoms with Gasteiger partial charge in [-0.15, -0.1) is 0 Å². The van der Waals surface area contributed by atoms with Gasteiger partial charge in [0, 0.05) is 5.69 Å². The summed E-state index contributed by atoms with van der Waals surface area (Å²) in [4.78, 5) is 0. The maximum absolute atomic E-state index is 12.1. The highest BCUT2D eigenvalue weighted by atomic mass is 32.3. The highest BCUT2D eigenvalue weighted by Crippen LogP contribution is 2.20. The van der Waals surface area contributed by atoms with Gasteiger partial charge in [-0.25, -0.2) is 25.2 Å². The lowest BCUT2D eigenvalue weighted by Gasteiger charge is -2.12. The summed E-state index contributed by atoms with van der Waals surface area (Å²) < 4.78 is 115. The molecule has 0 bridgehead atoms. The largest absolute Gasteiger partial charge is 0.399 e. The van der Waals surface area contributed by atoms with Gasteiger partial charge in [-0.2, -0.15) is 16.8 Å². The Morgan fingerprint density at radius 3 is 1.55 bits per heavy atom. The van der Waals surface area contributed by atoms with Crippen molar-refractivity contribution in [2.75, 3.05) is 30.5 Å². The Balaban J connectivity index is 2.94. The van der Waals surface area contributed by atoms with E-state index in [1.807, 2.05) is 0 Å². The van der Waals surface area contributed by atoms with E-state index in [0.717, 1.165) is 0 Å². The molecule has 0 atom stereocenters. The molecule has 168 valence electrons. The van der Waals surface area contributed by atoms with Crippen molar-refractivity contribution in [1.82, 2.24) is 0 Å². The maximum atomic E-state index is 12.1. The van der Waals surface area contributed by atoms with E-state index in [2.05, 4.69) is 8.37 Å². The molecule has 0 saturated carbocycles. The van der Waals surface area contributed by atoms with Gasteiger partial charge < -0.3 is 5.73 Å². The van der Waals surface area contributed by atoms with Crippen molar-refractivity contribution in [3.05, 3.63) is 29.3 Å². The van der Waals surface area contributed by atoms with Gasteiger partial charge in [-0.1, -0.05) is 6.07 Å². The fourth-order valence-corrected chi connectivity index (χ4v) is 5.33. The molecule has 29 heavy (non-hydrogen) atoms. The Morgan fingerprint density at radius 1 is 0.724 bits per heavy atom. The summed E-state index contributed by atoms with van der Waals surface area (Å²) in [6.07, 6.45) is 0. The Kier molecular flexibility index (Phi) is 8.55. The third-order valence-electron chi connectivity index (χ3n) is 3.23. The van der Waals surface area contributed by atoms with Crippen LogP contribution in [0.4, 0.5) is 5.69 Å². The fraction of sp³-hybridized carbons (Fsp3) is 0.500. The second-order valence-corrected chi connectivity index (χ2v) is 12.3. The second-order valence-electron chi connectivity index (χ2n) is 5.71. The minimum absolute atomic E-state index is 0.0242. The second kappa shape index (κ2) is 9.65. The Morgan fingerprint density at radius 2 is 1.14 bits per heavy atom. The third-order valence-corrected chi connectivity index (χ3v) is 7.24. The van der Waals surface area contributed by atoms with Gasteiger partial charge in [0.2, 0.25) is 0 Å². The van der Waals surface area contributed by atoms with Crippen molar-refractivity contribution >= 4 is 46.2 Å². The molecule has 17 heteroatoms. The van der Waals surface area contributed by atoms with E-state index >= 15 is 0 Å². The van der Waals surface area contributed by atoms with E-state index in [0.29, 0.717) is 0 Å². The molecule has 0 fully saturated rings. The molecule has 1 aromatic rings. The van der Waals surface area contributed by atoms with Gasteiger partial charge >= 0.3 is 20.8 Å². The van der Waals surface area contributed by atoms with E-state index in [4.69, 9.17) is 14.8 Å². The molecule has 0 saturated heterocycles. The van der Waals surface area contributed by atoms with Crippen molar-refractivity contribution < 1.29 is 51.1 Å². The highest BCUT2D eigenvalue weighted by molar-refractivity contribution is 7.91. The van der Waals surface area contributed by atoms with Gasteiger partial charge in [-0.3, -0.25) is 9.11 Å². The first-order valence-corrected chi connectivity index (χ1v) is 13.9. The summed E-state index contributed by atoms with van der Waals surface area (Å²) in [7, 11) is -17.6. The normalized spacial score (nSPS) is 13.4. The first-order chi connectivity index (χ1) is 13.0. The third kappa shape index (κ3) is 11.4. The number of hydrogen-bond acceptors (Lipinski definition) is 11. The van der Waals surface area contributed by atoms with Crippen LogP contribution in [0.15, 0.2) is 18.2 Å². The molecule has 0 aromatic heterocycles. The number of sulfone groups is 2. The van der Waals surface area contributed by atoms with Crippen LogP contribution in [0.2, 0.25) is 0 Å². The zero-order valence-corrected chi connectivity index (χ0v) is 17.9. The lowest BCUT2D eigenvalue weighted by atomic mass is 10.1. The number of anilines is 1. The molecule has 0 amide bonds. The average Bonchev–Trinajstić information content (AvgIpc) is 2.46. The topological polar surface area (TPSA) is 221 Å². The van der Waals surface area contributed by atoms with Crippen LogP contribution in [0.1, 0.15) is 11.1 Å². The van der Waals surface area contributed by atoms with Crippen molar-refractivity contribution in [2.45, 2.75) is 11.5 Å². The van der Waals surface area contributed by atoms with Crippen LogP contribution in [0.3, 0.4) is 0 Å². The number of rotatable bonds is 12. The first kappa shape index (κ1) is 25.7. The van der Waals surface area contributed by atoms with Gasteiger partial charge in [0.15, 0.2) is 19.7 Å². The van der Waals surface area contributed by atoms with Crippen LogP contribution in [-0.4, -0.2) is 67.5 Å². The van der Waals surface area contributed by atoms with E-state index < -0.39 is 76.7 Å². The predicted molar refractivity (Wildman–Crippen MR) is 101 cm³/mol. The number of nitrogens with two attached hydrogens (primary N) is 1. The minimum atomic E-state index is -4.81. The van der Waals surface area contributed by atoms with Gasteiger partial charge in [-0.05, 0) is 23.3 Å². The Bertz CT molecular complexity index is 1140. The molecule has 0 radical (unpaired) electrons. The zero-order valence-electron chi connectivity index (χ0n) is 14.7. The van der Waals surface area contributed by atoms with Crippen LogP contribution in [0.25, 0.3) is 0 Å². The van der Waals surface area contributed by atoms with Crippen LogP contribution in [0.5, 0.6) is 0 Å². The molecule has 1 aromatic carbocycles. The van der Waals surface area contributed by atoms with Crippen molar-refractivity contribution in [3.63, 3.8) is 0 Å². The van der Waals surface area contributed by atoms with Gasteiger partial charge in [0.1, 0.15) is 0 Å². The molecule has 0 aliphatic carbocycles. The van der Waals surface area contributed by atoms with Crippen LogP contribution in [-0.2, 0) is 60.3 Å². The van der Waals surface area contributed by atoms with Crippen molar-refractivity contribution in [3.8, 4) is 0 Å². The number of nitrogen functional groups attached to an aromatic ring is 1. The smallest absolute Gasteiger partial charge is 0.397 e. The van der Waals surface area contributed by atoms with Gasteiger partial charge in [0.05, 0.1) is 36.2 Å². The summed E-state index contributed by atoms with van der Waals surface area (Å²) in [5.41, 5.74) is 5.82. The predicted octanol–water partition coefficient (Wildman–Crippen LogP) is -1.26. The minimum Gasteiger partial charge on any atom is -0.399 e. The maximum Gasteiger partial charge on any atom is 0.397 e. The summed E-state index contributed by atoms with van der Waals surface area (Å²) >= 11 is 0. The Labute approximate surface area is 168 Å².